The number of para-hydroxylation sites is 1. The zero-order chi connectivity index (χ0) is 18.9. The number of hydrogen-bond donors (Lipinski definition) is 0. The fourth-order valence-corrected chi connectivity index (χ4v) is 3.09. The lowest BCUT2D eigenvalue weighted by Gasteiger charge is -2.30. The summed E-state index contributed by atoms with van der Waals surface area (Å²) in [5.74, 6) is -0.201. The van der Waals surface area contributed by atoms with E-state index in [0.717, 1.165) is 0 Å². The summed E-state index contributed by atoms with van der Waals surface area (Å²) >= 11 is 1.24. The van der Waals surface area contributed by atoms with Crippen LogP contribution in [0.5, 0.6) is 5.75 Å². The monoisotopic (exact) mass is 378 g/mol. The summed E-state index contributed by atoms with van der Waals surface area (Å²) in [6, 6.07) is 6.02. The number of ketones is 1. The smallest absolute Gasteiger partial charge is 0.252 e. The van der Waals surface area contributed by atoms with E-state index in [0.29, 0.717) is 11.0 Å². The highest BCUT2D eigenvalue weighted by molar-refractivity contribution is 7.99. The molecule has 0 N–H and O–H groups in total. The molecule has 0 spiro atoms. The number of ether oxygens (including phenoxy) is 1. The van der Waals surface area contributed by atoms with Gasteiger partial charge in [-0.15, -0.1) is 10.2 Å². The molecule has 9 heteroatoms. The maximum atomic E-state index is 13.7. The van der Waals surface area contributed by atoms with E-state index in [1.54, 1.807) is 32.9 Å². The largest absolute Gasteiger partial charge is 0.482 e. The van der Waals surface area contributed by atoms with Gasteiger partial charge in [0, 0.05) is 5.41 Å². The van der Waals surface area contributed by atoms with E-state index < -0.39 is 11.2 Å². The minimum Gasteiger partial charge on any atom is -0.482 e. The summed E-state index contributed by atoms with van der Waals surface area (Å²) in [7, 11) is 0. The van der Waals surface area contributed by atoms with Crippen LogP contribution in [0.25, 0.3) is 0 Å². The van der Waals surface area contributed by atoms with Crippen molar-refractivity contribution in [2.75, 3.05) is 17.3 Å². The van der Waals surface area contributed by atoms with Crippen molar-refractivity contribution in [1.29, 1.82) is 0 Å². The Morgan fingerprint density at radius 3 is 2.73 bits per heavy atom. The van der Waals surface area contributed by atoms with Crippen LogP contribution in [0, 0.1) is 11.2 Å². The Balaban J connectivity index is 1.84. The number of fused-ring (bicyclic) bond motifs is 1. The number of halogens is 1. The van der Waals surface area contributed by atoms with Crippen LogP contribution in [-0.4, -0.2) is 38.9 Å². The van der Waals surface area contributed by atoms with Crippen LogP contribution in [0.4, 0.5) is 4.39 Å². The minimum atomic E-state index is -0.580. The van der Waals surface area contributed by atoms with E-state index in [2.05, 4.69) is 10.2 Å². The highest BCUT2D eigenvalue weighted by Gasteiger charge is 2.33. The van der Waals surface area contributed by atoms with Gasteiger partial charge in [-0.2, -0.15) is 0 Å². The Morgan fingerprint density at radius 1 is 1.31 bits per heavy atom. The van der Waals surface area contributed by atoms with Gasteiger partial charge in [-0.3, -0.25) is 9.59 Å². The Labute approximate surface area is 154 Å². The SMILES string of the molecule is CC(C)(C)C(=O)CN1C(=O)CSc2nnc(COc3ccccc3F)n21. The average Bonchev–Trinajstić information content (AvgIpc) is 2.99. The van der Waals surface area contributed by atoms with Gasteiger partial charge in [-0.05, 0) is 12.1 Å². The van der Waals surface area contributed by atoms with Gasteiger partial charge in [0.1, 0.15) is 13.2 Å². The van der Waals surface area contributed by atoms with Crippen LogP contribution in [0.3, 0.4) is 0 Å². The van der Waals surface area contributed by atoms with E-state index in [-0.39, 0.29) is 36.3 Å². The standard InChI is InChI=1S/C17H19FN4O3S/c1-17(2,3)13(23)8-21-15(24)10-26-16-20-19-14(22(16)21)9-25-12-7-5-4-6-11(12)18/h4-7H,8-10H2,1-3H3. The van der Waals surface area contributed by atoms with Gasteiger partial charge in [-0.25, -0.2) is 14.1 Å². The molecule has 1 amide bonds. The van der Waals surface area contributed by atoms with Crippen LogP contribution in [0.1, 0.15) is 26.6 Å². The normalized spacial score (nSPS) is 14.3. The number of amides is 1. The molecule has 1 aromatic heterocycles. The lowest BCUT2D eigenvalue weighted by atomic mass is 9.91. The molecule has 138 valence electrons. The maximum absolute atomic E-state index is 13.7. The van der Waals surface area contributed by atoms with Crippen molar-refractivity contribution in [2.24, 2.45) is 5.41 Å². The maximum Gasteiger partial charge on any atom is 0.252 e. The summed E-state index contributed by atoms with van der Waals surface area (Å²) in [6.07, 6.45) is 0. The summed E-state index contributed by atoms with van der Waals surface area (Å²) in [5.41, 5.74) is -0.580. The van der Waals surface area contributed by atoms with Crippen molar-refractivity contribution in [2.45, 2.75) is 32.5 Å². The third-order valence-corrected chi connectivity index (χ3v) is 4.76. The molecule has 1 aliphatic rings. The Kier molecular flexibility index (Phi) is 4.99. The van der Waals surface area contributed by atoms with Crippen molar-refractivity contribution in [3.63, 3.8) is 0 Å². The van der Waals surface area contributed by atoms with Crippen LogP contribution in [-0.2, 0) is 16.2 Å². The van der Waals surface area contributed by atoms with Gasteiger partial charge < -0.3 is 4.74 Å². The Bertz CT molecular complexity index is 847. The fraction of sp³-hybridized carbons (Fsp3) is 0.412. The topological polar surface area (TPSA) is 77.3 Å². The molecule has 7 nitrogen and oxygen atoms in total. The zero-order valence-electron chi connectivity index (χ0n) is 14.7. The number of thioether (sulfide) groups is 1. The Morgan fingerprint density at radius 2 is 2.04 bits per heavy atom. The van der Waals surface area contributed by atoms with E-state index in [9.17, 15) is 14.0 Å². The number of hydrogen-bond acceptors (Lipinski definition) is 6. The third-order valence-electron chi connectivity index (χ3n) is 3.85. The minimum absolute atomic E-state index is 0.0805. The fourth-order valence-electron chi connectivity index (χ4n) is 2.27. The van der Waals surface area contributed by atoms with E-state index in [4.69, 9.17) is 4.74 Å². The highest BCUT2D eigenvalue weighted by atomic mass is 32.2. The third kappa shape index (κ3) is 3.72. The zero-order valence-corrected chi connectivity index (χ0v) is 15.5. The summed E-state index contributed by atoms with van der Waals surface area (Å²) < 4.78 is 20.7. The van der Waals surface area contributed by atoms with E-state index in [1.807, 2.05) is 0 Å². The van der Waals surface area contributed by atoms with Gasteiger partial charge in [0.2, 0.25) is 5.16 Å². The first kappa shape index (κ1) is 18.4. The molecule has 3 rings (SSSR count). The van der Waals surface area contributed by atoms with Gasteiger partial charge >= 0.3 is 0 Å². The van der Waals surface area contributed by atoms with E-state index >= 15 is 0 Å². The van der Waals surface area contributed by atoms with Crippen molar-refractivity contribution < 1.29 is 18.7 Å². The molecule has 0 bridgehead atoms. The molecular weight excluding hydrogens is 359 g/mol. The molecule has 0 aliphatic carbocycles. The van der Waals surface area contributed by atoms with Crippen molar-refractivity contribution in [3.05, 3.63) is 35.9 Å². The van der Waals surface area contributed by atoms with Crippen molar-refractivity contribution >= 4 is 23.5 Å². The van der Waals surface area contributed by atoms with Crippen LogP contribution < -0.4 is 9.75 Å². The Hall–Kier alpha value is -2.42. The number of rotatable bonds is 5. The molecule has 0 fully saturated rings. The molecule has 0 saturated carbocycles. The van der Waals surface area contributed by atoms with Crippen LogP contribution in [0.15, 0.2) is 29.4 Å². The van der Waals surface area contributed by atoms with Gasteiger partial charge in [0.25, 0.3) is 5.91 Å². The quantitative estimate of drug-likeness (QED) is 0.794. The van der Waals surface area contributed by atoms with Crippen LogP contribution >= 0.6 is 11.8 Å². The first-order chi connectivity index (χ1) is 12.3. The van der Waals surface area contributed by atoms with Gasteiger partial charge in [0.15, 0.2) is 23.2 Å². The number of nitrogens with zero attached hydrogens (tertiary/aromatic N) is 4. The number of benzene rings is 1. The lowest BCUT2D eigenvalue weighted by molar-refractivity contribution is -0.127. The van der Waals surface area contributed by atoms with E-state index in [1.165, 1.54) is 33.6 Å². The number of aromatic nitrogens is 3. The van der Waals surface area contributed by atoms with Gasteiger partial charge in [0.05, 0.1) is 5.75 Å². The predicted octanol–water partition coefficient (Wildman–Crippen LogP) is 2.18. The highest BCUT2D eigenvalue weighted by Crippen LogP contribution is 2.25. The number of carbonyl (C=O) groups excluding carboxylic acids is 2. The van der Waals surface area contributed by atoms with Crippen molar-refractivity contribution in [3.8, 4) is 5.75 Å². The summed E-state index contributed by atoms with van der Waals surface area (Å²) in [6.45, 7) is 5.23. The molecule has 2 heterocycles. The molecule has 1 aromatic carbocycles. The molecule has 0 atom stereocenters. The second-order valence-electron chi connectivity index (χ2n) is 6.84. The molecule has 0 unspecified atom stereocenters. The molecular formula is C17H19FN4O3S. The van der Waals surface area contributed by atoms with Crippen molar-refractivity contribution in [1.82, 2.24) is 14.9 Å². The molecule has 26 heavy (non-hydrogen) atoms. The second-order valence-corrected chi connectivity index (χ2v) is 7.79. The van der Waals surface area contributed by atoms with Crippen LogP contribution in [0.2, 0.25) is 0 Å². The lowest BCUT2D eigenvalue weighted by Crippen LogP contribution is -2.50. The molecule has 2 aromatic rings. The molecule has 0 saturated heterocycles. The number of carbonyl (C=O) groups is 2. The second kappa shape index (κ2) is 7.06. The molecule has 1 aliphatic heterocycles. The first-order valence-electron chi connectivity index (χ1n) is 8.06. The summed E-state index contributed by atoms with van der Waals surface area (Å²) in [5, 5.41) is 9.91. The average molecular weight is 378 g/mol. The first-order valence-corrected chi connectivity index (χ1v) is 9.04. The van der Waals surface area contributed by atoms with Gasteiger partial charge in [-0.1, -0.05) is 44.7 Å². The number of Topliss-reactive ketones (excluding diaryl/α,β-unsaturated/α-hetero) is 1. The summed E-state index contributed by atoms with van der Waals surface area (Å²) in [4.78, 5) is 24.8. The predicted molar refractivity (Wildman–Crippen MR) is 94.0 cm³/mol. The molecule has 0 radical (unpaired) electrons.